The van der Waals surface area contributed by atoms with Crippen molar-refractivity contribution in [2.24, 2.45) is 5.92 Å². The van der Waals surface area contributed by atoms with E-state index in [2.05, 4.69) is 10.6 Å². The van der Waals surface area contributed by atoms with Gasteiger partial charge in [0.25, 0.3) is 5.91 Å². The van der Waals surface area contributed by atoms with Gasteiger partial charge in [0, 0.05) is 23.9 Å². The summed E-state index contributed by atoms with van der Waals surface area (Å²) < 4.78 is 41.1. The van der Waals surface area contributed by atoms with Gasteiger partial charge in [-0.15, -0.1) is 0 Å². The summed E-state index contributed by atoms with van der Waals surface area (Å²) in [7, 11) is 0. The Hall–Kier alpha value is -4.34. The molecule has 1 atom stereocenters. The fourth-order valence-electron chi connectivity index (χ4n) is 4.16. The summed E-state index contributed by atoms with van der Waals surface area (Å²) >= 11 is 0. The Bertz CT molecular complexity index is 1380. The van der Waals surface area contributed by atoms with E-state index in [-0.39, 0.29) is 23.8 Å². The van der Waals surface area contributed by atoms with Gasteiger partial charge < -0.3 is 20.6 Å². The number of carbonyl (C=O) groups excluding carboxylic acids is 2. The van der Waals surface area contributed by atoms with Crippen molar-refractivity contribution in [3.05, 3.63) is 83.2 Å². The number of hydrogen-bond donors (Lipinski definition) is 3. The average molecular weight is 497 g/mol. The highest BCUT2D eigenvalue weighted by Gasteiger charge is 2.38. The Morgan fingerprint density at radius 2 is 1.58 bits per heavy atom. The number of nitrogens with zero attached hydrogens (tertiary/aromatic N) is 1. The fraction of sp³-hybridized carbons (Fsp3) is 0.192. The van der Waals surface area contributed by atoms with E-state index in [1.807, 2.05) is 0 Å². The molecule has 1 unspecified atom stereocenters. The van der Waals surface area contributed by atoms with E-state index in [1.54, 1.807) is 38.1 Å². The minimum Gasteiger partial charge on any atom is -0.480 e. The van der Waals surface area contributed by atoms with Gasteiger partial charge in [-0.1, -0.05) is 32.0 Å². The van der Waals surface area contributed by atoms with Gasteiger partial charge in [-0.3, -0.25) is 4.79 Å². The van der Waals surface area contributed by atoms with Crippen molar-refractivity contribution in [2.75, 3.05) is 10.6 Å². The lowest BCUT2D eigenvalue weighted by Gasteiger charge is -2.27. The van der Waals surface area contributed by atoms with Crippen LogP contribution in [-0.2, 0) is 11.3 Å². The van der Waals surface area contributed by atoms with E-state index in [4.69, 9.17) is 0 Å². The van der Waals surface area contributed by atoms with Crippen LogP contribution in [0, 0.1) is 23.4 Å². The third kappa shape index (κ3) is 4.88. The van der Waals surface area contributed by atoms with Gasteiger partial charge in [0.15, 0.2) is 11.6 Å². The van der Waals surface area contributed by atoms with Crippen molar-refractivity contribution in [2.45, 2.75) is 26.4 Å². The van der Waals surface area contributed by atoms with Crippen molar-refractivity contribution in [3.63, 3.8) is 0 Å². The molecule has 4 rings (SSSR count). The summed E-state index contributed by atoms with van der Waals surface area (Å²) in [5.74, 6) is -4.72. The Morgan fingerprint density at radius 3 is 2.22 bits per heavy atom. The zero-order valence-corrected chi connectivity index (χ0v) is 19.3. The van der Waals surface area contributed by atoms with Crippen LogP contribution in [0.1, 0.15) is 29.8 Å². The zero-order chi connectivity index (χ0) is 26.1. The first-order valence-electron chi connectivity index (χ1n) is 11.0. The van der Waals surface area contributed by atoms with Crippen LogP contribution in [0.3, 0.4) is 0 Å². The summed E-state index contributed by atoms with van der Waals surface area (Å²) in [4.78, 5) is 38.1. The van der Waals surface area contributed by atoms with Crippen molar-refractivity contribution < 1.29 is 32.7 Å². The second kappa shape index (κ2) is 9.73. The molecule has 1 aliphatic heterocycles. The molecule has 3 amide bonds. The maximum Gasteiger partial charge on any atom is 0.326 e. The summed E-state index contributed by atoms with van der Waals surface area (Å²) in [6.45, 7) is 3.64. The van der Waals surface area contributed by atoms with Gasteiger partial charge in [0.05, 0.1) is 5.69 Å². The van der Waals surface area contributed by atoms with Crippen molar-refractivity contribution >= 4 is 29.3 Å². The number of fused-ring (bicyclic) bond motifs is 1. The molecule has 186 valence electrons. The third-order valence-corrected chi connectivity index (χ3v) is 5.89. The van der Waals surface area contributed by atoms with Crippen LogP contribution in [0.4, 0.5) is 29.3 Å². The van der Waals surface area contributed by atoms with Crippen LogP contribution in [0.2, 0.25) is 0 Å². The lowest BCUT2D eigenvalue weighted by atomic mass is 10.00. The van der Waals surface area contributed by atoms with E-state index in [0.717, 1.165) is 18.2 Å². The normalized spacial score (nSPS) is 13.5. The van der Waals surface area contributed by atoms with Gasteiger partial charge in [-0.2, -0.15) is 0 Å². The molecular formula is C26H22F3N3O4. The molecule has 0 saturated heterocycles. The van der Waals surface area contributed by atoms with Crippen molar-refractivity contribution in [3.8, 4) is 11.1 Å². The van der Waals surface area contributed by atoms with Crippen LogP contribution in [-0.4, -0.2) is 34.0 Å². The van der Waals surface area contributed by atoms with Gasteiger partial charge in [0.2, 0.25) is 0 Å². The second-order valence-corrected chi connectivity index (χ2v) is 8.73. The number of urea groups is 1. The van der Waals surface area contributed by atoms with E-state index in [1.165, 1.54) is 17.0 Å². The first kappa shape index (κ1) is 24.8. The maximum absolute atomic E-state index is 14.8. The molecule has 0 aromatic heterocycles. The SMILES string of the molecule is CC(C)C(C(=O)O)N1Cc2ccc(-c3ccc(NC(=O)Nc4ccc(F)c(F)c4)c(F)c3)cc2C1=O. The molecule has 7 nitrogen and oxygen atoms in total. The number of hydrogen-bond acceptors (Lipinski definition) is 3. The molecular weight excluding hydrogens is 475 g/mol. The highest BCUT2D eigenvalue weighted by molar-refractivity contribution is 6.02. The zero-order valence-electron chi connectivity index (χ0n) is 19.3. The highest BCUT2D eigenvalue weighted by Crippen LogP contribution is 2.32. The molecule has 1 heterocycles. The number of rotatable bonds is 6. The number of carboxylic acid groups (broad SMARTS) is 1. The number of benzene rings is 3. The number of carbonyl (C=O) groups is 3. The predicted octanol–water partition coefficient (Wildman–Crippen LogP) is 5.48. The number of amides is 3. The number of carboxylic acids is 1. The predicted molar refractivity (Wildman–Crippen MR) is 127 cm³/mol. The summed E-state index contributed by atoms with van der Waals surface area (Å²) in [5, 5.41) is 14.1. The molecule has 0 saturated carbocycles. The van der Waals surface area contributed by atoms with Gasteiger partial charge in [-0.05, 0) is 52.9 Å². The first-order valence-corrected chi connectivity index (χ1v) is 11.0. The molecule has 0 aliphatic carbocycles. The van der Waals surface area contributed by atoms with Crippen molar-refractivity contribution in [1.82, 2.24) is 4.90 Å². The molecule has 3 aromatic carbocycles. The van der Waals surface area contributed by atoms with Crippen LogP contribution in [0.15, 0.2) is 54.6 Å². The van der Waals surface area contributed by atoms with Gasteiger partial charge in [0.1, 0.15) is 11.9 Å². The summed E-state index contributed by atoms with van der Waals surface area (Å²) in [5.41, 5.74) is 1.85. The molecule has 0 bridgehead atoms. The smallest absolute Gasteiger partial charge is 0.326 e. The van der Waals surface area contributed by atoms with Crippen LogP contribution in [0.5, 0.6) is 0 Å². The largest absolute Gasteiger partial charge is 0.480 e. The van der Waals surface area contributed by atoms with Crippen LogP contribution < -0.4 is 10.6 Å². The average Bonchev–Trinajstić information content (AvgIpc) is 3.12. The molecule has 0 spiro atoms. The van der Waals surface area contributed by atoms with E-state index < -0.39 is 41.4 Å². The Labute approximate surface area is 204 Å². The van der Waals surface area contributed by atoms with Crippen molar-refractivity contribution in [1.29, 1.82) is 0 Å². The Kier molecular flexibility index (Phi) is 6.69. The van der Waals surface area contributed by atoms with Crippen LogP contribution >= 0.6 is 0 Å². The molecule has 3 aromatic rings. The highest BCUT2D eigenvalue weighted by atomic mass is 19.2. The standard InChI is InChI=1S/C26H22F3N3O4/c1-13(2)23(25(34)35)32-12-16-4-3-14(9-18(16)24(32)33)15-5-8-22(21(29)10-15)31-26(36)30-17-6-7-19(27)20(28)11-17/h3-11,13,23H,12H2,1-2H3,(H,34,35)(H2,30,31,36). The minimum absolute atomic E-state index is 0.0112. The minimum atomic E-state index is -1.14. The fourth-order valence-corrected chi connectivity index (χ4v) is 4.16. The number of nitrogens with one attached hydrogen (secondary N) is 2. The molecule has 3 N–H and O–H groups in total. The molecule has 0 radical (unpaired) electrons. The lowest BCUT2D eigenvalue weighted by Crippen LogP contribution is -2.44. The van der Waals surface area contributed by atoms with Crippen LogP contribution in [0.25, 0.3) is 11.1 Å². The van der Waals surface area contributed by atoms with E-state index in [0.29, 0.717) is 22.3 Å². The number of aliphatic carboxylic acids is 1. The number of anilines is 2. The third-order valence-electron chi connectivity index (χ3n) is 5.89. The summed E-state index contributed by atoms with van der Waals surface area (Å²) in [6, 6.07) is 10.1. The second-order valence-electron chi connectivity index (χ2n) is 8.73. The van der Waals surface area contributed by atoms with E-state index >= 15 is 0 Å². The van der Waals surface area contributed by atoms with Gasteiger partial charge >= 0.3 is 12.0 Å². The monoisotopic (exact) mass is 497 g/mol. The Morgan fingerprint density at radius 1 is 0.889 bits per heavy atom. The van der Waals surface area contributed by atoms with Gasteiger partial charge in [-0.25, -0.2) is 22.8 Å². The molecule has 1 aliphatic rings. The quantitative estimate of drug-likeness (QED) is 0.420. The molecule has 10 heteroatoms. The molecule has 0 fully saturated rings. The van der Waals surface area contributed by atoms with E-state index in [9.17, 15) is 32.7 Å². The topological polar surface area (TPSA) is 98.7 Å². The number of halogens is 3. The lowest BCUT2D eigenvalue weighted by molar-refractivity contribution is -0.144. The summed E-state index contributed by atoms with van der Waals surface area (Å²) in [6.07, 6.45) is 0. The molecule has 36 heavy (non-hydrogen) atoms. The Balaban J connectivity index is 1.51. The first-order chi connectivity index (χ1) is 17.0. The maximum atomic E-state index is 14.8.